The van der Waals surface area contributed by atoms with Crippen LogP contribution in [-0.4, -0.2) is 17.7 Å². The Kier molecular flexibility index (Phi) is 4.15. The molecule has 0 unspecified atom stereocenters. The molecule has 0 saturated carbocycles. The number of carbonyl (C=O) groups excluding carboxylic acids is 1. The molecule has 0 spiro atoms. The van der Waals surface area contributed by atoms with Crippen LogP contribution in [0.1, 0.15) is 38.9 Å². The summed E-state index contributed by atoms with van der Waals surface area (Å²) >= 11 is 0. The van der Waals surface area contributed by atoms with Crippen molar-refractivity contribution in [1.82, 2.24) is 10.5 Å². The third kappa shape index (κ3) is 3.61. The maximum absolute atomic E-state index is 11.2. The number of aromatic nitrogens is 1. The smallest absolute Gasteiger partial charge is 0.320 e. The molecule has 0 fully saturated rings. The second kappa shape index (κ2) is 5.38. The van der Waals surface area contributed by atoms with Crippen LogP contribution in [0.3, 0.4) is 0 Å². The molecular weight excluding hydrogens is 194 g/mol. The number of amides is 2. The molecule has 15 heavy (non-hydrogen) atoms. The molecule has 5 nitrogen and oxygen atoms in total. The number of urea groups is 1. The summed E-state index contributed by atoms with van der Waals surface area (Å²) in [5.41, 5.74) is 0. The first-order valence-electron chi connectivity index (χ1n) is 5.15. The average molecular weight is 211 g/mol. The third-order valence-corrected chi connectivity index (χ3v) is 1.87. The van der Waals surface area contributed by atoms with E-state index in [1.807, 2.05) is 20.8 Å². The van der Waals surface area contributed by atoms with Gasteiger partial charge in [-0.3, -0.25) is 5.32 Å². The van der Waals surface area contributed by atoms with Crippen molar-refractivity contribution in [2.45, 2.75) is 33.1 Å². The van der Waals surface area contributed by atoms with Crippen molar-refractivity contribution in [3.8, 4) is 0 Å². The zero-order chi connectivity index (χ0) is 11.3. The van der Waals surface area contributed by atoms with E-state index in [4.69, 9.17) is 4.52 Å². The van der Waals surface area contributed by atoms with E-state index in [0.717, 1.165) is 12.2 Å². The third-order valence-electron chi connectivity index (χ3n) is 1.87. The van der Waals surface area contributed by atoms with Gasteiger partial charge in [-0.15, -0.1) is 0 Å². The maximum atomic E-state index is 11.2. The second-order valence-corrected chi connectivity index (χ2v) is 3.65. The van der Waals surface area contributed by atoms with Gasteiger partial charge in [0.1, 0.15) is 5.76 Å². The molecular formula is C10H17N3O2. The molecule has 0 atom stereocenters. The Labute approximate surface area is 89.2 Å². The lowest BCUT2D eigenvalue weighted by atomic mass is 10.2. The molecule has 1 aromatic heterocycles. The number of carbonyl (C=O) groups is 1. The predicted octanol–water partition coefficient (Wildman–Crippen LogP) is 2.33. The highest BCUT2D eigenvalue weighted by atomic mass is 16.5. The Morgan fingerprint density at radius 2 is 2.33 bits per heavy atom. The monoisotopic (exact) mass is 211 g/mol. The minimum absolute atomic E-state index is 0.250. The molecule has 0 aromatic carbocycles. The van der Waals surface area contributed by atoms with Crippen LogP contribution >= 0.6 is 0 Å². The number of nitrogens with zero attached hydrogens (tertiary/aromatic N) is 1. The SMILES string of the molecule is CCCNC(=O)Nc1cc(C(C)C)on1. The summed E-state index contributed by atoms with van der Waals surface area (Å²) in [6.45, 7) is 6.65. The van der Waals surface area contributed by atoms with E-state index in [9.17, 15) is 4.79 Å². The Bertz CT molecular complexity index is 320. The van der Waals surface area contributed by atoms with Crippen LogP contribution in [0.15, 0.2) is 10.6 Å². The van der Waals surface area contributed by atoms with E-state index in [1.54, 1.807) is 6.07 Å². The molecule has 84 valence electrons. The second-order valence-electron chi connectivity index (χ2n) is 3.65. The van der Waals surface area contributed by atoms with E-state index in [0.29, 0.717) is 12.4 Å². The van der Waals surface area contributed by atoms with Gasteiger partial charge in [-0.2, -0.15) is 0 Å². The molecule has 0 aliphatic heterocycles. The largest absolute Gasteiger partial charge is 0.359 e. The van der Waals surface area contributed by atoms with Gasteiger partial charge in [0.05, 0.1) is 0 Å². The van der Waals surface area contributed by atoms with Crippen molar-refractivity contribution in [3.63, 3.8) is 0 Å². The highest BCUT2D eigenvalue weighted by Crippen LogP contribution is 2.17. The van der Waals surface area contributed by atoms with E-state index >= 15 is 0 Å². The summed E-state index contributed by atoms with van der Waals surface area (Å²) in [5, 5.41) is 9.02. The zero-order valence-corrected chi connectivity index (χ0v) is 9.33. The van der Waals surface area contributed by atoms with Gasteiger partial charge in [0.15, 0.2) is 5.82 Å². The quantitative estimate of drug-likeness (QED) is 0.803. The minimum Gasteiger partial charge on any atom is -0.359 e. The predicted molar refractivity (Wildman–Crippen MR) is 57.9 cm³/mol. The van der Waals surface area contributed by atoms with E-state index in [-0.39, 0.29) is 11.9 Å². The van der Waals surface area contributed by atoms with Crippen LogP contribution in [0.5, 0.6) is 0 Å². The van der Waals surface area contributed by atoms with Crippen LogP contribution in [0.4, 0.5) is 10.6 Å². The van der Waals surface area contributed by atoms with E-state index in [1.165, 1.54) is 0 Å². The van der Waals surface area contributed by atoms with E-state index in [2.05, 4.69) is 15.8 Å². The molecule has 2 N–H and O–H groups in total. The van der Waals surface area contributed by atoms with Gasteiger partial charge in [-0.1, -0.05) is 25.9 Å². The number of rotatable bonds is 4. The highest BCUT2D eigenvalue weighted by molar-refractivity contribution is 5.88. The normalized spacial score (nSPS) is 10.4. The summed E-state index contributed by atoms with van der Waals surface area (Å²) in [7, 11) is 0. The number of anilines is 1. The first-order chi connectivity index (χ1) is 7.13. The van der Waals surface area contributed by atoms with Gasteiger partial charge >= 0.3 is 6.03 Å². The highest BCUT2D eigenvalue weighted by Gasteiger charge is 2.09. The summed E-state index contributed by atoms with van der Waals surface area (Å²) in [6.07, 6.45) is 0.906. The fraction of sp³-hybridized carbons (Fsp3) is 0.600. The molecule has 1 rings (SSSR count). The molecule has 5 heteroatoms. The van der Waals surface area contributed by atoms with Crippen molar-refractivity contribution < 1.29 is 9.32 Å². The number of hydrogen-bond acceptors (Lipinski definition) is 3. The molecule has 0 radical (unpaired) electrons. The molecule has 0 saturated heterocycles. The standard InChI is InChI=1S/C10H17N3O2/c1-4-5-11-10(14)12-9-6-8(7(2)3)15-13-9/h6-7H,4-5H2,1-3H3,(H2,11,12,13,14). The van der Waals surface area contributed by atoms with Crippen LogP contribution in [0.2, 0.25) is 0 Å². The molecule has 2 amide bonds. The molecule has 0 bridgehead atoms. The van der Waals surface area contributed by atoms with Gasteiger partial charge in [0, 0.05) is 18.5 Å². The van der Waals surface area contributed by atoms with Gasteiger partial charge in [0.2, 0.25) is 0 Å². The molecule has 0 aliphatic carbocycles. The first-order valence-corrected chi connectivity index (χ1v) is 5.15. The Morgan fingerprint density at radius 3 is 2.87 bits per heavy atom. The Hall–Kier alpha value is -1.52. The summed E-state index contributed by atoms with van der Waals surface area (Å²) < 4.78 is 5.04. The van der Waals surface area contributed by atoms with Gasteiger partial charge in [0.25, 0.3) is 0 Å². The van der Waals surface area contributed by atoms with Crippen LogP contribution < -0.4 is 10.6 Å². The summed E-state index contributed by atoms with van der Waals surface area (Å²) in [4.78, 5) is 11.2. The Morgan fingerprint density at radius 1 is 1.60 bits per heavy atom. The van der Waals surface area contributed by atoms with Crippen molar-refractivity contribution >= 4 is 11.8 Å². The lowest BCUT2D eigenvalue weighted by Gasteiger charge is -2.02. The molecule has 0 aliphatic rings. The fourth-order valence-electron chi connectivity index (χ4n) is 1.02. The van der Waals surface area contributed by atoms with Crippen molar-refractivity contribution in [2.75, 3.05) is 11.9 Å². The van der Waals surface area contributed by atoms with E-state index < -0.39 is 0 Å². The first kappa shape index (κ1) is 11.6. The van der Waals surface area contributed by atoms with Crippen LogP contribution in [0, 0.1) is 0 Å². The van der Waals surface area contributed by atoms with Crippen LogP contribution in [-0.2, 0) is 0 Å². The van der Waals surface area contributed by atoms with Gasteiger partial charge < -0.3 is 9.84 Å². The maximum Gasteiger partial charge on any atom is 0.320 e. The minimum atomic E-state index is -0.250. The zero-order valence-electron chi connectivity index (χ0n) is 9.33. The molecule has 1 aromatic rings. The van der Waals surface area contributed by atoms with Crippen molar-refractivity contribution in [2.24, 2.45) is 0 Å². The van der Waals surface area contributed by atoms with Gasteiger partial charge in [-0.05, 0) is 6.42 Å². The number of hydrogen-bond donors (Lipinski definition) is 2. The van der Waals surface area contributed by atoms with Crippen LogP contribution in [0.25, 0.3) is 0 Å². The van der Waals surface area contributed by atoms with Crippen molar-refractivity contribution in [1.29, 1.82) is 0 Å². The topological polar surface area (TPSA) is 67.2 Å². The fourth-order valence-corrected chi connectivity index (χ4v) is 1.02. The summed E-state index contributed by atoms with van der Waals surface area (Å²) in [5.74, 6) is 1.49. The van der Waals surface area contributed by atoms with Gasteiger partial charge in [-0.25, -0.2) is 4.79 Å². The van der Waals surface area contributed by atoms with Crippen molar-refractivity contribution in [3.05, 3.63) is 11.8 Å². The average Bonchev–Trinajstić information content (AvgIpc) is 2.63. The molecule has 1 heterocycles. The lowest BCUT2D eigenvalue weighted by molar-refractivity contribution is 0.252. The Balaban J connectivity index is 2.46. The summed E-state index contributed by atoms with van der Waals surface area (Å²) in [6, 6.07) is 1.48. The lowest BCUT2D eigenvalue weighted by Crippen LogP contribution is -2.29. The number of nitrogens with one attached hydrogen (secondary N) is 2.